The number of sulfonamides is 1. The molecule has 0 radical (unpaired) electrons. The van der Waals surface area contributed by atoms with Crippen LogP contribution < -0.4 is 10.0 Å². The standard InChI is InChI=1S/C9H15N3O3S/c1-2-12-16(14,15)6-5-11-8(13)9(7-10)3-4-9/h12H,2-6H2,1H3,(H,11,13). The summed E-state index contributed by atoms with van der Waals surface area (Å²) in [4.78, 5) is 11.5. The fourth-order valence-electron chi connectivity index (χ4n) is 1.27. The number of nitrogens with zero attached hydrogens (tertiary/aromatic N) is 1. The predicted octanol–water partition coefficient (Wildman–Crippen LogP) is -0.654. The quantitative estimate of drug-likeness (QED) is 0.649. The van der Waals surface area contributed by atoms with Gasteiger partial charge in [0.05, 0.1) is 11.8 Å². The molecule has 1 rings (SSSR count). The maximum Gasteiger partial charge on any atom is 0.240 e. The number of amides is 1. The SMILES string of the molecule is CCNS(=O)(=O)CCNC(=O)C1(C#N)CC1. The van der Waals surface area contributed by atoms with E-state index in [4.69, 9.17) is 5.26 Å². The Morgan fingerprint density at radius 3 is 2.56 bits per heavy atom. The van der Waals surface area contributed by atoms with Crippen LogP contribution in [0, 0.1) is 16.7 Å². The van der Waals surface area contributed by atoms with Crippen molar-refractivity contribution < 1.29 is 13.2 Å². The normalized spacial score (nSPS) is 17.5. The Morgan fingerprint density at radius 2 is 2.12 bits per heavy atom. The smallest absolute Gasteiger partial charge is 0.240 e. The Labute approximate surface area is 95.1 Å². The van der Waals surface area contributed by atoms with E-state index in [1.54, 1.807) is 6.92 Å². The molecule has 0 saturated heterocycles. The Bertz CT molecular complexity index is 406. The fraction of sp³-hybridized carbons (Fsp3) is 0.778. The fourth-order valence-corrected chi connectivity index (χ4v) is 2.23. The predicted molar refractivity (Wildman–Crippen MR) is 57.8 cm³/mol. The maximum absolute atomic E-state index is 11.5. The molecule has 0 aromatic carbocycles. The van der Waals surface area contributed by atoms with E-state index in [9.17, 15) is 13.2 Å². The summed E-state index contributed by atoms with van der Waals surface area (Å²) in [7, 11) is -3.31. The minimum atomic E-state index is -3.31. The Morgan fingerprint density at radius 1 is 1.50 bits per heavy atom. The molecule has 7 heteroatoms. The molecule has 1 fully saturated rings. The van der Waals surface area contributed by atoms with Crippen molar-refractivity contribution in [2.24, 2.45) is 5.41 Å². The van der Waals surface area contributed by atoms with Crippen LogP contribution in [0.2, 0.25) is 0 Å². The van der Waals surface area contributed by atoms with E-state index in [0.29, 0.717) is 19.4 Å². The zero-order valence-corrected chi connectivity index (χ0v) is 9.93. The number of hydrogen-bond acceptors (Lipinski definition) is 4. The molecule has 1 aliphatic carbocycles. The van der Waals surface area contributed by atoms with Crippen LogP contribution in [0.4, 0.5) is 0 Å². The molecule has 0 aromatic rings. The van der Waals surface area contributed by atoms with Gasteiger partial charge < -0.3 is 5.32 Å². The second-order valence-electron chi connectivity index (χ2n) is 3.77. The summed E-state index contributed by atoms with van der Waals surface area (Å²) in [5.74, 6) is -0.518. The van der Waals surface area contributed by atoms with Gasteiger partial charge in [-0.15, -0.1) is 0 Å². The van der Waals surface area contributed by atoms with Crippen molar-refractivity contribution in [1.82, 2.24) is 10.0 Å². The highest BCUT2D eigenvalue weighted by Crippen LogP contribution is 2.44. The third-order valence-electron chi connectivity index (χ3n) is 2.42. The minimum Gasteiger partial charge on any atom is -0.354 e. The Balaban J connectivity index is 2.32. The highest BCUT2D eigenvalue weighted by Gasteiger charge is 2.50. The van der Waals surface area contributed by atoms with E-state index in [-0.39, 0.29) is 18.2 Å². The molecule has 16 heavy (non-hydrogen) atoms. The zero-order chi connectivity index (χ0) is 12.2. The molecule has 0 aromatic heterocycles. The summed E-state index contributed by atoms with van der Waals surface area (Å²) < 4.78 is 24.8. The van der Waals surface area contributed by atoms with Crippen LogP contribution in [0.25, 0.3) is 0 Å². The number of nitrogens with one attached hydrogen (secondary N) is 2. The van der Waals surface area contributed by atoms with Crippen molar-refractivity contribution in [3.8, 4) is 6.07 Å². The van der Waals surface area contributed by atoms with E-state index < -0.39 is 15.4 Å². The number of nitriles is 1. The van der Waals surface area contributed by atoms with Crippen LogP contribution >= 0.6 is 0 Å². The topological polar surface area (TPSA) is 99.1 Å². The van der Waals surface area contributed by atoms with Gasteiger partial charge in [0.1, 0.15) is 5.41 Å². The van der Waals surface area contributed by atoms with Gasteiger partial charge >= 0.3 is 0 Å². The lowest BCUT2D eigenvalue weighted by Gasteiger charge is -2.08. The van der Waals surface area contributed by atoms with Gasteiger partial charge in [0.25, 0.3) is 0 Å². The van der Waals surface area contributed by atoms with Crippen LogP contribution in [0.1, 0.15) is 19.8 Å². The third kappa shape index (κ3) is 3.18. The lowest BCUT2D eigenvalue weighted by atomic mass is 10.1. The Kier molecular flexibility index (Phi) is 3.88. The molecule has 0 heterocycles. The third-order valence-corrected chi connectivity index (χ3v) is 3.89. The van der Waals surface area contributed by atoms with Crippen molar-refractivity contribution in [2.75, 3.05) is 18.8 Å². The highest BCUT2D eigenvalue weighted by atomic mass is 32.2. The maximum atomic E-state index is 11.5. The molecular weight excluding hydrogens is 230 g/mol. The first-order valence-electron chi connectivity index (χ1n) is 5.13. The molecule has 0 bridgehead atoms. The van der Waals surface area contributed by atoms with Crippen molar-refractivity contribution in [1.29, 1.82) is 5.26 Å². The van der Waals surface area contributed by atoms with Gasteiger partial charge in [0.15, 0.2) is 0 Å². The highest BCUT2D eigenvalue weighted by molar-refractivity contribution is 7.89. The molecule has 90 valence electrons. The van der Waals surface area contributed by atoms with E-state index in [1.165, 1.54) is 0 Å². The zero-order valence-electron chi connectivity index (χ0n) is 9.12. The van der Waals surface area contributed by atoms with Crippen molar-refractivity contribution in [2.45, 2.75) is 19.8 Å². The van der Waals surface area contributed by atoms with E-state index in [1.807, 2.05) is 6.07 Å². The molecule has 6 nitrogen and oxygen atoms in total. The van der Waals surface area contributed by atoms with Crippen LogP contribution in [0.3, 0.4) is 0 Å². The summed E-state index contributed by atoms with van der Waals surface area (Å²) >= 11 is 0. The van der Waals surface area contributed by atoms with Crippen LogP contribution in [0.5, 0.6) is 0 Å². The number of hydrogen-bond donors (Lipinski definition) is 2. The number of rotatable bonds is 6. The largest absolute Gasteiger partial charge is 0.354 e. The average molecular weight is 245 g/mol. The van der Waals surface area contributed by atoms with Crippen molar-refractivity contribution in [3.05, 3.63) is 0 Å². The summed E-state index contributed by atoms with van der Waals surface area (Å²) in [6.07, 6.45) is 1.13. The summed E-state index contributed by atoms with van der Waals surface area (Å²) in [5.41, 5.74) is -0.887. The van der Waals surface area contributed by atoms with E-state index in [2.05, 4.69) is 10.0 Å². The first-order chi connectivity index (χ1) is 7.46. The first-order valence-corrected chi connectivity index (χ1v) is 6.78. The first kappa shape index (κ1) is 12.9. The van der Waals surface area contributed by atoms with E-state index in [0.717, 1.165) is 0 Å². The summed E-state index contributed by atoms with van der Waals surface area (Å²) in [6, 6.07) is 1.95. The van der Waals surface area contributed by atoms with Gasteiger partial charge in [0.2, 0.25) is 15.9 Å². The van der Waals surface area contributed by atoms with E-state index >= 15 is 0 Å². The Hall–Kier alpha value is -1.13. The molecule has 0 unspecified atom stereocenters. The van der Waals surface area contributed by atoms with Gasteiger partial charge in [-0.2, -0.15) is 5.26 Å². The van der Waals surface area contributed by atoms with Crippen LogP contribution in [0.15, 0.2) is 0 Å². The lowest BCUT2D eigenvalue weighted by molar-refractivity contribution is -0.124. The molecule has 1 aliphatic rings. The molecule has 2 N–H and O–H groups in total. The summed E-state index contributed by atoms with van der Waals surface area (Å²) in [5, 5.41) is 11.2. The molecule has 0 spiro atoms. The van der Waals surface area contributed by atoms with Gasteiger partial charge in [-0.1, -0.05) is 6.92 Å². The molecule has 1 amide bonds. The van der Waals surface area contributed by atoms with Gasteiger partial charge in [-0.3, -0.25) is 4.79 Å². The molecular formula is C9H15N3O3S. The van der Waals surface area contributed by atoms with Crippen LogP contribution in [-0.4, -0.2) is 33.2 Å². The average Bonchev–Trinajstić information content (AvgIpc) is 2.97. The van der Waals surface area contributed by atoms with Crippen molar-refractivity contribution in [3.63, 3.8) is 0 Å². The molecule has 1 saturated carbocycles. The number of carbonyl (C=O) groups excluding carboxylic acids is 1. The number of carbonyl (C=O) groups is 1. The molecule has 0 aliphatic heterocycles. The lowest BCUT2D eigenvalue weighted by Crippen LogP contribution is -2.37. The second-order valence-corrected chi connectivity index (χ2v) is 5.69. The monoisotopic (exact) mass is 245 g/mol. The van der Waals surface area contributed by atoms with Crippen molar-refractivity contribution >= 4 is 15.9 Å². The minimum absolute atomic E-state index is 0.0393. The van der Waals surface area contributed by atoms with Gasteiger partial charge in [-0.05, 0) is 12.8 Å². The second kappa shape index (κ2) is 4.80. The summed E-state index contributed by atoms with van der Waals surface area (Å²) in [6.45, 7) is 2.06. The molecule has 0 atom stereocenters. The van der Waals surface area contributed by atoms with Gasteiger partial charge in [-0.25, -0.2) is 13.1 Å². The van der Waals surface area contributed by atoms with Crippen LogP contribution in [-0.2, 0) is 14.8 Å². The van der Waals surface area contributed by atoms with Gasteiger partial charge in [0, 0.05) is 13.1 Å².